The van der Waals surface area contributed by atoms with Gasteiger partial charge in [-0.1, -0.05) is 174 Å². The molecule has 0 spiro atoms. The predicted molar refractivity (Wildman–Crippen MR) is 242 cm³/mol. The average molecular weight is 787 g/mol. The summed E-state index contributed by atoms with van der Waals surface area (Å²) in [4.78, 5) is 37.4. The van der Waals surface area contributed by atoms with E-state index in [1.165, 1.54) is 0 Å². The summed E-state index contributed by atoms with van der Waals surface area (Å²) < 4.78 is 16.4. The van der Waals surface area contributed by atoms with Gasteiger partial charge < -0.3 is 14.2 Å². The van der Waals surface area contributed by atoms with Crippen LogP contribution in [-0.4, -0.2) is 37.2 Å². The standard InChI is InChI=1S/C51H78O6/c1-4-7-10-13-15-17-19-21-23-24-25-26-28-29-31-33-35-38-41-44-50(53)56-47-48(46-55-49(52)43-40-37-12-9-6-3)57-51(54)45-42-39-36-34-32-30-27-22-20-18-16-14-11-8-5-2/h7-8,10-11,15-18,21-23,25-27,29,31-32,34,39,42,48H,4-6,9,12-14,19-20,24,28,30,33,35-38,40-41,43-47H2,1-3H3/b10-7-,11-8-,17-15-,18-16-,23-21-,26-25-,27-22-,31-29-,34-32-,42-39-. The maximum Gasteiger partial charge on any atom is 0.310 e. The zero-order valence-corrected chi connectivity index (χ0v) is 36.0. The van der Waals surface area contributed by atoms with E-state index in [1.54, 1.807) is 6.08 Å². The van der Waals surface area contributed by atoms with Gasteiger partial charge >= 0.3 is 17.9 Å². The lowest BCUT2D eigenvalue weighted by Gasteiger charge is -2.18. The summed E-state index contributed by atoms with van der Waals surface area (Å²) in [6, 6.07) is 0. The second-order valence-electron chi connectivity index (χ2n) is 13.9. The van der Waals surface area contributed by atoms with Gasteiger partial charge in [0.25, 0.3) is 0 Å². The highest BCUT2D eigenvalue weighted by Gasteiger charge is 2.19. The zero-order chi connectivity index (χ0) is 41.5. The van der Waals surface area contributed by atoms with Gasteiger partial charge in [0.15, 0.2) is 6.10 Å². The molecule has 0 aliphatic rings. The van der Waals surface area contributed by atoms with Gasteiger partial charge in [-0.3, -0.25) is 14.4 Å². The normalized spacial score (nSPS) is 13.2. The van der Waals surface area contributed by atoms with Crippen molar-refractivity contribution in [1.82, 2.24) is 0 Å². The maximum atomic E-state index is 12.6. The van der Waals surface area contributed by atoms with Crippen molar-refractivity contribution in [2.75, 3.05) is 13.2 Å². The topological polar surface area (TPSA) is 78.9 Å². The number of hydrogen-bond acceptors (Lipinski definition) is 6. The van der Waals surface area contributed by atoms with Crippen molar-refractivity contribution in [1.29, 1.82) is 0 Å². The number of allylic oxidation sites excluding steroid dienone is 19. The first-order chi connectivity index (χ1) is 28.0. The van der Waals surface area contributed by atoms with Gasteiger partial charge in [-0.15, -0.1) is 0 Å². The molecular weight excluding hydrogens is 709 g/mol. The molecule has 0 radical (unpaired) electrons. The molecule has 1 atom stereocenters. The molecule has 6 nitrogen and oxygen atoms in total. The molecule has 0 aromatic rings. The van der Waals surface area contributed by atoms with E-state index in [1.807, 2.05) is 6.08 Å². The molecule has 6 heteroatoms. The van der Waals surface area contributed by atoms with E-state index in [0.29, 0.717) is 19.3 Å². The molecular formula is C51H78O6. The SMILES string of the molecule is CC/C=C\C/C=C\C/C=C\C/C=C\C/C=C\CCCCCC(=O)OCC(COC(=O)CCCCCCC)OC(=O)C/C=C\C/C=C\C/C=C\C/C=C\C/C=C\CC. The Kier molecular flexibility index (Phi) is 41.3. The molecule has 0 N–H and O–H groups in total. The number of carbonyl (C=O) groups excluding carboxylic acids is 3. The molecule has 0 saturated heterocycles. The van der Waals surface area contributed by atoms with E-state index in [-0.39, 0.29) is 31.6 Å². The molecule has 0 heterocycles. The molecule has 0 aliphatic heterocycles. The minimum Gasteiger partial charge on any atom is -0.462 e. The average Bonchev–Trinajstić information content (AvgIpc) is 3.21. The minimum atomic E-state index is -0.844. The lowest BCUT2D eigenvalue weighted by atomic mass is 10.1. The van der Waals surface area contributed by atoms with E-state index in [9.17, 15) is 14.4 Å². The van der Waals surface area contributed by atoms with Crippen molar-refractivity contribution in [2.24, 2.45) is 0 Å². The number of hydrogen-bond donors (Lipinski definition) is 0. The smallest absolute Gasteiger partial charge is 0.310 e. The van der Waals surface area contributed by atoms with Gasteiger partial charge in [-0.25, -0.2) is 0 Å². The predicted octanol–water partition coefficient (Wildman–Crippen LogP) is 14.2. The van der Waals surface area contributed by atoms with Gasteiger partial charge in [0.2, 0.25) is 0 Å². The van der Waals surface area contributed by atoms with Crippen LogP contribution in [0.1, 0.15) is 162 Å². The Hall–Kier alpha value is -4.19. The molecule has 0 fully saturated rings. The Balaban J connectivity index is 4.45. The fourth-order valence-corrected chi connectivity index (χ4v) is 5.25. The third-order valence-electron chi connectivity index (χ3n) is 8.49. The number of unbranched alkanes of at least 4 members (excludes halogenated alkanes) is 7. The summed E-state index contributed by atoms with van der Waals surface area (Å²) in [7, 11) is 0. The van der Waals surface area contributed by atoms with Crippen molar-refractivity contribution in [3.8, 4) is 0 Å². The number of esters is 3. The maximum absolute atomic E-state index is 12.6. The van der Waals surface area contributed by atoms with Crippen LogP contribution in [0.15, 0.2) is 122 Å². The second-order valence-corrected chi connectivity index (χ2v) is 13.9. The second kappa shape index (κ2) is 44.5. The third kappa shape index (κ3) is 42.8. The van der Waals surface area contributed by atoms with Crippen molar-refractivity contribution < 1.29 is 28.6 Å². The first-order valence-electron chi connectivity index (χ1n) is 22.0. The molecule has 0 aliphatic carbocycles. The van der Waals surface area contributed by atoms with Crippen LogP contribution in [0.3, 0.4) is 0 Å². The van der Waals surface area contributed by atoms with E-state index >= 15 is 0 Å². The third-order valence-corrected chi connectivity index (χ3v) is 8.49. The summed E-state index contributed by atoms with van der Waals surface area (Å²) in [6.07, 6.45) is 61.0. The lowest BCUT2D eigenvalue weighted by molar-refractivity contribution is -0.166. The van der Waals surface area contributed by atoms with Crippen molar-refractivity contribution in [3.63, 3.8) is 0 Å². The largest absolute Gasteiger partial charge is 0.462 e. The Bertz CT molecular complexity index is 1270. The fraction of sp³-hybridized carbons (Fsp3) is 0.549. The van der Waals surface area contributed by atoms with Crippen LogP contribution in [0, 0.1) is 0 Å². The molecule has 57 heavy (non-hydrogen) atoms. The van der Waals surface area contributed by atoms with E-state index in [2.05, 4.69) is 130 Å². The van der Waals surface area contributed by atoms with Gasteiger partial charge in [0.05, 0.1) is 6.42 Å². The first-order valence-corrected chi connectivity index (χ1v) is 22.0. The number of ether oxygens (including phenoxy) is 3. The van der Waals surface area contributed by atoms with Gasteiger partial charge in [-0.05, 0) is 89.9 Å². The Morgan fingerprint density at radius 3 is 1.14 bits per heavy atom. The van der Waals surface area contributed by atoms with Gasteiger partial charge in [-0.2, -0.15) is 0 Å². The number of carbonyl (C=O) groups is 3. The molecule has 318 valence electrons. The van der Waals surface area contributed by atoms with Crippen LogP contribution in [-0.2, 0) is 28.6 Å². The van der Waals surface area contributed by atoms with Gasteiger partial charge in [0, 0.05) is 12.8 Å². The van der Waals surface area contributed by atoms with Gasteiger partial charge in [0.1, 0.15) is 13.2 Å². The fourth-order valence-electron chi connectivity index (χ4n) is 5.25. The quantitative estimate of drug-likeness (QED) is 0.0270. The zero-order valence-electron chi connectivity index (χ0n) is 36.0. The molecule has 0 aromatic heterocycles. The summed E-state index contributed by atoms with van der Waals surface area (Å²) in [5.74, 6) is -1.13. The minimum absolute atomic E-state index is 0.0846. The van der Waals surface area contributed by atoms with Crippen LogP contribution in [0.4, 0.5) is 0 Å². The van der Waals surface area contributed by atoms with Crippen LogP contribution < -0.4 is 0 Å². The van der Waals surface area contributed by atoms with Crippen LogP contribution >= 0.6 is 0 Å². The van der Waals surface area contributed by atoms with Crippen LogP contribution in [0.5, 0.6) is 0 Å². The summed E-state index contributed by atoms with van der Waals surface area (Å²) >= 11 is 0. The Morgan fingerprint density at radius 1 is 0.386 bits per heavy atom. The molecule has 0 rings (SSSR count). The Morgan fingerprint density at radius 2 is 0.737 bits per heavy atom. The monoisotopic (exact) mass is 787 g/mol. The van der Waals surface area contributed by atoms with E-state index < -0.39 is 12.1 Å². The first kappa shape index (κ1) is 52.8. The lowest BCUT2D eigenvalue weighted by Crippen LogP contribution is -2.30. The Labute approximate surface area is 348 Å². The van der Waals surface area contributed by atoms with E-state index in [0.717, 1.165) is 116 Å². The van der Waals surface area contributed by atoms with Crippen molar-refractivity contribution in [3.05, 3.63) is 122 Å². The molecule has 1 unspecified atom stereocenters. The van der Waals surface area contributed by atoms with Crippen molar-refractivity contribution >= 4 is 17.9 Å². The van der Waals surface area contributed by atoms with Crippen LogP contribution in [0.2, 0.25) is 0 Å². The summed E-state index contributed by atoms with van der Waals surface area (Å²) in [6.45, 7) is 6.16. The van der Waals surface area contributed by atoms with Crippen LogP contribution in [0.25, 0.3) is 0 Å². The summed E-state index contributed by atoms with van der Waals surface area (Å²) in [5, 5.41) is 0. The highest BCUT2D eigenvalue weighted by molar-refractivity contribution is 5.72. The highest BCUT2D eigenvalue weighted by atomic mass is 16.6. The number of rotatable bonds is 37. The van der Waals surface area contributed by atoms with Crippen molar-refractivity contribution in [2.45, 2.75) is 168 Å². The van der Waals surface area contributed by atoms with E-state index in [4.69, 9.17) is 14.2 Å². The molecule has 0 bridgehead atoms. The molecule has 0 aromatic carbocycles. The molecule has 0 saturated carbocycles. The summed E-state index contributed by atoms with van der Waals surface area (Å²) in [5.41, 5.74) is 0. The molecule has 0 amide bonds. The highest BCUT2D eigenvalue weighted by Crippen LogP contribution is 2.09.